The Hall–Kier alpha value is -3.51. The Balaban J connectivity index is 1.59. The lowest BCUT2D eigenvalue weighted by Gasteiger charge is -2.43. The molecule has 0 saturated heterocycles. The van der Waals surface area contributed by atoms with E-state index in [9.17, 15) is 0 Å². The van der Waals surface area contributed by atoms with Gasteiger partial charge in [-0.1, -0.05) is 147 Å². The second-order valence-electron chi connectivity index (χ2n) is 10.3. The van der Waals surface area contributed by atoms with Gasteiger partial charge in [0.15, 0.2) is 0 Å². The summed E-state index contributed by atoms with van der Waals surface area (Å²) in [6.45, 7) is 8.04. The highest BCUT2D eigenvalue weighted by Gasteiger charge is 2.50. The van der Waals surface area contributed by atoms with E-state index in [4.69, 9.17) is 14.0 Å². The van der Waals surface area contributed by atoms with Gasteiger partial charge in [0.2, 0.25) is 0 Å². The van der Waals surface area contributed by atoms with Crippen LogP contribution in [0, 0.1) is 0 Å². The molecule has 196 valence electrons. The average Bonchev–Trinajstić information content (AvgIpc) is 2.95. The molecule has 0 N–H and O–H groups in total. The van der Waals surface area contributed by atoms with Gasteiger partial charge in [-0.2, -0.15) is 0 Å². The van der Waals surface area contributed by atoms with Crippen molar-refractivity contribution < 1.29 is 14.0 Å². The molecule has 0 aromatic heterocycles. The van der Waals surface area contributed by atoms with E-state index in [0.29, 0.717) is 19.8 Å². The standard InChI is InChI=1S/C33H37NO3Si/c1-33(2,3)38(31-20-12-6-13-21-31,32-22-14-7-15-23-32)37-27-30(35-25-28-16-8-4-9-17-28)24-34-36-26-29-18-10-5-11-19-29/h4-24,30H,25-27H2,1-3H3/b34-24+/t30-/m0/s1. The van der Waals surface area contributed by atoms with Crippen LogP contribution in [-0.2, 0) is 27.2 Å². The van der Waals surface area contributed by atoms with E-state index in [2.05, 4.69) is 98.7 Å². The van der Waals surface area contributed by atoms with E-state index in [1.165, 1.54) is 10.4 Å². The first kappa shape index (κ1) is 27.5. The van der Waals surface area contributed by atoms with Crippen molar-refractivity contribution in [3.8, 4) is 0 Å². The molecule has 0 aliphatic heterocycles. The number of nitrogens with zero attached hydrogens (tertiary/aromatic N) is 1. The lowest BCUT2D eigenvalue weighted by Crippen LogP contribution is -2.67. The second-order valence-corrected chi connectivity index (χ2v) is 14.6. The largest absolute Gasteiger partial charge is 0.404 e. The zero-order valence-electron chi connectivity index (χ0n) is 22.5. The molecule has 0 bridgehead atoms. The van der Waals surface area contributed by atoms with Crippen LogP contribution < -0.4 is 10.4 Å². The Morgan fingerprint density at radius 2 is 1.11 bits per heavy atom. The van der Waals surface area contributed by atoms with E-state index in [-0.39, 0.29) is 11.1 Å². The predicted octanol–water partition coefficient (Wildman–Crippen LogP) is 6.35. The molecule has 0 amide bonds. The molecule has 4 aromatic rings. The summed E-state index contributed by atoms with van der Waals surface area (Å²) in [5.41, 5.74) is 2.16. The molecule has 4 rings (SSSR count). The molecule has 0 radical (unpaired) electrons. The van der Waals surface area contributed by atoms with Gasteiger partial charge < -0.3 is 14.0 Å². The first-order valence-electron chi connectivity index (χ1n) is 13.1. The minimum Gasteiger partial charge on any atom is -0.404 e. The summed E-state index contributed by atoms with van der Waals surface area (Å²) in [4.78, 5) is 5.62. The lowest BCUT2D eigenvalue weighted by atomic mass is 10.2. The van der Waals surface area contributed by atoms with Gasteiger partial charge in [-0.15, -0.1) is 0 Å². The summed E-state index contributed by atoms with van der Waals surface area (Å²) in [6, 6.07) is 41.4. The van der Waals surface area contributed by atoms with Gasteiger partial charge in [-0.25, -0.2) is 0 Å². The number of hydrogen-bond donors (Lipinski definition) is 0. The molecule has 1 atom stereocenters. The molecule has 0 spiro atoms. The topological polar surface area (TPSA) is 40.0 Å². The van der Waals surface area contributed by atoms with Crippen molar-refractivity contribution in [3.63, 3.8) is 0 Å². The fourth-order valence-corrected chi connectivity index (χ4v) is 9.25. The van der Waals surface area contributed by atoms with E-state index in [0.717, 1.165) is 11.1 Å². The quantitative estimate of drug-likeness (QED) is 0.123. The summed E-state index contributed by atoms with van der Waals surface area (Å²) in [5.74, 6) is 0. The lowest BCUT2D eigenvalue weighted by molar-refractivity contribution is 0.0466. The van der Waals surface area contributed by atoms with E-state index >= 15 is 0 Å². The van der Waals surface area contributed by atoms with Crippen LogP contribution in [0.1, 0.15) is 31.9 Å². The monoisotopic (exact) mass is 523 g/mol. The first-order valence-corrected chi connectivity index (χ1v) is 15.0. The summed E-state index contributed by atoms with van der Waals surface area (Å²) < 4.78 is 13.4. The Kier molecular flexibility index (Phi) is 9.66. The number of rotatable bonds is 12. The summed E-state index contributed by atoms with van der Waals surface area (Å²) >= 11 is 0. The van der Waals surface area contributed by atoms with Gasteiger partial charge in [0.1, 0.15) is 12.7 Å². The molecule has 0 aliphatic carbocycles. The van der Waals surface area contributed by atoms with Crippen molar-refractivity contribution in [2.24, 2.45) is 5.16 Å². The summed E-state index contributed by atoms with van der Waals surface area (Å²) in [6.07, 6.45) is 1.34. The first-order chi connectivity index (χ1) is 18.5. The minimum absolute atomic E-state index is 0.124. The molecule has 4 aromatic carbocycles. The third kappa shape index (κ3) is 7.07. The Labute approximate surface area is 228 Å². The zero-order valence-corrected chi connectivity index (χ0v) is 23.5. The van der Waals surface area contributed by atoms with Crippen LogP contribution in [0.15, 0.2) is 126 Å². The highest BCUT2D eigenvalue weighted by molar-refractivity contribution is 6.99. The maximum Gasteiger partial charge on any atom is 0.261 e. The summed E-state index contributed by atoms with van der Waals surface area (Å²) in [7, 11) is -2.70. The minimum atomic E-state index is -2.70. The third-order valence-corrected chi connectivity index (χ3v) is 11.6. The van der Waals surface area contributed by atoms with Crippen LogP contribution in [0.5, 0.6) is 0 Å². The van der Waals surface area contributed by atoms with Gasteiger partial charge in [-0.3, -0.25) is 0 Å². The Bertz CT molecular complexity index is 1200. The zero-order chi connectivity index (χ0) is 26.7. The van der Waals surface area contributed by atoms with Crippen LogP contribution in [0.25, 0.3) is 0 Å². The highest BCUT2D eigenvalue weighted by atomic mass is 28.4. The molecule has 5 heteroatoms. The number of benzene rings is 4. The van der Waals surface area contributed by atoms with Crippen molar-refractivity contribution in [2.45, 2.75) is 45.1 Å². The van der Waals surface area contributed by atoms with Crippen molar-refractivity contribution in [3.05, 3.63) is 132 Å². The molecular weight excluding hydrogens is 486 g/mol. The van der Waals surface area contributed by atoms with Crippen LogP contribution in [0.4, 0.5) is 0 Å². The van der Waals surface area contributed by atoms with E-state index < -0.39 is 8.32 Å². The smallest absolute Gasteiger partial charge is 0.261 e. The fraction of sp³-hybridized carbons (Fsp3) is 0.242. The molecule has 4 nitrogen and oxygen atoms in total. The maximum absolute atomic E-state index is 7.10. The average molecular weight is 524 g/mol. The van der Waals surface area contributed by atoms with Crippen molar-refractivity contribution >= 4 is 24.9 Å². The van der Waals surface area contributed by atoms with Crippen LogP contribution in [0.2, 0.25) is 5.04 Å². The van der Waals surface area contributed by atoms with Crippen molar-refractivity contribution in [1.29, 1.82) is 0 Å². The maximum atomic E-state index is 7.10. The molecular formula is C33H37NO3Si. The van der Waals surface area contributed by atoms with Gasteiger partial charge in [0.05, 0.1) is 19.4 Å². The van der Waals surface area contributed by atoms with Crippen LogP contribution in [-0.4, -0.2) is 27.2 Å². The van der Waals surface area contributed by atoms with Crippen molar-refractivity contribution in [2.75, 3.05) is 6.61 Å². The van der Waals surface area contributed by atoms with E-state index in [1.54, 1.807) is 6.21 Å². The van der Waals surface area contributed by atoms with Crippen molar-refractivity contribution in [1.82, 2.24) is 0 Å². The molecule has 0 fully saturated rings. The second kappa shape index (κ2) is 13.3. The number of ether oxygens (including phenoxy) is 1. The molecule has 0 aliphatic rings. The normalized spacial score (nSPS) is 12.9. The SMILES string of the molecule is CC(C)(C)[Si](OC[C@H](/C=N/OCc1ccccc1)OCc1ccccc1)(c1ccccc1)c1ccccc1. The predicted molar refractivity (Wildman–Crippen MR) is 158 cm³/mol. The Morgan fingerprint density at radius 1 is 0.658 bits per heavy atom. The molecule has 0 saturated carbocycles. The number of oxime groups is 1. The van der Waals surface area contributed by atoms with Gasteiger partial charge >= 0.3 is 0 Å². The van der Waals surface area contributed by atoms with Gasteiger partial charge in [0, 0.05) is 0 Å². The molecule has 0 unspecified atom stereocenters. The number of hydrogen-bond acceptors (Lipinski definition) is 4. The third-order valence-electron chi connectivity index (χ3n) is 6.56. The Morgan fingerprint density at radius 3 is 1.58 bits per heavy atom. The van der Waals surface area contributed by atoms with Gasteiger partial charge in [0.25, 0.3) is 8.32 Å². The highest BCUT2D eigenvalue weighted by Crippen LogP contribution is 2.36. The van der Waals surface area contributed by atoms with Gasteiger partial charge in [-0.05, 0) is 26.5 Å². The van der Waals surface area contributed by atoms with E-state index in [1.807, 2.05) is 48.5 Å². The van der Waals surface area contributed by atoms with Crippen LogP contribution in [0.3, 0.4) is 0 Å². The molecule has 38 heavy (non-hydrogen) atoms. The summed E-state index contributed by atoms with van der Waals surface area (Å²) in [5, 5.41) is 6.62. The van der Waals surface area contributed by atoms with Crippen LogP contribution >= 0.6 is 0 Å². The fourth-order valence-electron chi connectivity index (χ4n) is 4.68. The molecule has 0 heterocycles.